The number of anilines is 1. The third-order valence-corrected chi connectivity index (χ3v) is 3.39. The van der Waals surface area contributed by atoms with Gasteiger partial charge in [0.2, 0.25) is 0 Å². The van der Waals surface area contributed by atoms with Crippen molar-refractivity contribution in [1.82, 2.24) is 19.7 Å². The Bertz CT molecular complexity index is 725. The van der Waals surface area contributed by atoms with Gasteiger partial charge in [0.15, 0.2) is 5.65 Å². The van der Waals surface area contributed by atoms with Crippen molar-refractivity contribution in [1.29, 1.82) is 0 Å². The molecule has 108 valence electrons. The van der Waals surface area contributed by atoms with Gasteiger partial charge >= 0.3 is 0 Å². The number of aromatic nitrogens is 4. The van der Waals surface area contributed by atoms with Crippen molar-refractivity contribution < 1.29 is 5.11 Å². The van der Waals surface area contributed by atoms with Crippen molar-refractivity contribution in [2.75, 3.05) is 18.1 Å². The third-order valence-electron chi connectivity index (χ3n) is 3.39. The lowest BCUT2D eigenvalue weighted by Crippen LogP contribution is -2.27. The van der Waals surface area contributed by atoms with E-state index in [1.54, 1.807) is 10.9 Å². The number of nitrogens with zero attached hydrogens (tertiary/aromatic N) is 5. The summed E-state index contributed by atoms with van der Waals surface area (Å²) >= 11 is 0. The van der Waals surface area contributed by atoms with Crippen LogP contribution in [0, 0.1) is 0 Å². The van der Waals surface area contributed by atoms with Crippen LogP contribution in [0.15, 0.2) is 42.9 Å². The molecule has 0 amide bonds. The lowest BCUT2D eigenvalue weighted by Gasteiger charge is -2.23. The molecule has 0 radical (unpaired) electrons. The van der Waals surface area contributed by atoms with E-state index in [0.29, 0.717) is 13.1 Å². The lowest BCUT2D eigenvalue weighted by molar-refractivity contribution is 0.301. The molecular formula is C15H17N5O. The van der Waals surface area contributed by atoms with Gasteiger partial charge in [0.25, 0.3) is 0 Å². The van der Waals surface area contributed by atoms with Crippen molar-refractivity contribution in [3.8, 4) is 0 Å². The molecule has 0 aliphatic rings. The van der Waals surface area contributed by atoms with E-state index >= 15 is 0 Å². The summed E-state index contributed by atoms with van der Waals surface area (Å²) in [6.07, 6.45) is 3.30. The van der Waals surface area contributed by atoms with Crippen LogP contribution < -0.4 is 4.90 Å². The molecule has 0 fully saturated rings. The van der Waals surface area contributed by atoms with Crippen LogP contribution in [-0.2, 0) is 13.6 Å². The smallest absolute Gasteiger partial charge is 0.163 e. The van der Waals surface area contributed by atoms with Crippen LogP contribution in [0.1, 0.15) is 5.56 Å². The number of aliphatic hydroxyl groups is 1. The molecule has 1 N–H and O–H groups in total. The second-order valence-corrected chi connectivity index (χ2v) is 4.83. The predicted molar refractivity (Wildman–Crippen MR) is 80.9 cm³/mol. The molecule has 0 spiro atoms. The van der Waals surface area contributed by atoms with Crippen molar-refractivity contribution in [3.05, 3.63) is 48.4 Å². The van der Waals surface area contributed by atoms with Crippen LogP contribution in [0.25, 0.3) is 11.0 Å². The number of rotatable bonds is 5. The summed E-state index contributed by atoms with van der Waals surface area (Å²) in [4.78, 5) is 10.7. The summed E-state index contributed by atoms with van der Waals surface area (Å²) in [5, 5.41) is 14.5. The Hall–Kier alpha value is -2.47. The molecule has 0 bridgehead atoms. The fourth-order valence-corrected chi connectivity index (χ4v) is 2.39. The number of fused-ring (bicyclic) bond motifs is 1. The molecule has 0 saturated carbocycles. The number of aryl methyl sites for hydroxylation is 1. The maximum Gasteiger partial charge on any atom is 0.163 e. The largest absolute Gasteiger partial charge is 0.395 e. The first kappa shape index (κ1) is 13.5. The quantitative estimate of drug-likeness (QED) is 0.766. The number of aliphatic hydroxyl groups excluding tert-OH is 1. The number of hydrogen-bond acceptors (Lipinski definition) is 5. The molecule has 1 aromatic carbocycles. The molecular weight excluding hydrogens is 266 g/mol. The van der Waals surface area contributed by atoms with Gasteiger partial charge in [0.1, 0.15) is 12.1 Å². The van der Waals surface area contributed by atoms with E-state index in [1.807, 2.05) is 30.1 Å². The van der Waals surface area contributed by atoms with Gasteiger partial charge in [-0.05, 0) is 5.56 Å². The van der Waals surface area contributed by atoms with E-state index in [2.05, 4.69) is 27.2 Å². The molecule has 0 atom stereocenters. The summed E-state index contributed by atoms with van der Waals surface area (Å²) in [6.45, 7) is 1.26. The van der Waals surface area contributed by atoms with Crippen LogP contribution in [0.5, 0.6) is 0 Å². The number of benzene rings is 1. The molecule has 0 aliphatic carbocycles. The maximum absolute atomic E-state index is 9.35. The van der Waals surface area contributed by atoms with Gasteiger partial charge in [-0.1, -0.05) is 30.3 Å². The summed E-state index contributed by atoms with van der Waals surface area (Å²) in [7, 11) is 1.85. The molecule has 0 aliphatic heterocycles. The zero-order chi connectivity index (χ0) is 14.7. The summed E-state index contributed by atoms with van der Waals surface area (Å²) in [6, 6.07) is 10.1. The highest BCUT2D eigenvalue weighted by atomic mass is 16.3. The van der Waals surface area contributed by atoms with E-state index < -0.39 is 0 Å². The van der Waals surface area contributed by atoms with Gasteiger partial charge < -0.3 is 10.0 Å². The predicted octanol–water partition coefficient (Wildman–Crippen LogP) is 1.36. The first-order valence-corrected chi connectivity index (χ1v) is 6.82. The first-order valence-electron chi connectivity index (χ1n) is 6.82. The highest BCUT2D eigenvalue weighted by Gasteiger charge is 2.14. The molecule has 0 unspecified atom stereocenters. The fourth-order valence-electron chi connectivity index (χ4n) is 2.39. The van der Waals surface area contributed by atoms with Crippen molar-refractivity contribution in [2.24, 2.45) is 7.05 Å². The van der Waals surface area contributed by atoms with Gasteiger partial charge in [-0.3, -0.25) is 4.68 Å². The summed E-state index contributed by atoms with van der Waals surface area (Å²) in [5.41, 5.74) is 1.96. The monoisotopic (exact) mass is 283 g/mol. The van der Waals surface area contributed by atoms with E-state index in [-0.39, 0.29) is 6.61 Å². The van der Waals surface area contributed by atoms with E-state index in [1.165, 1.54) is 11.9 Å². The molecule has 6 heteroatoms. The number of hydrogen-bond donors (Lipinski definition) is 1. The zero-order valence-electron chi connectivity index (χ0n) is 11.8. The maximum atomic E-state index is 9.35. The zero-order valence-corrected chi connectivity index (χ0v) is 11.8. The molecule has 0 saturated heterocycles. The van der Waals surface area contributed by atoms with E-state index in [4.69, 9.17) is 0 Å². The molecule has 2 heterocycles. The Morgan fingerprint density at radius 1 is 1.19 bits per heavy atom. The van der Waals surface area contributed by atoms with Gasteiger partial charge in [0, 0.05) is 20.1 Å². The van der Waals surface area contributed by atoms with Gasteiger partial charge in [-0.25, -0.2) is 9.97 Å². The van der Waals surface area contributed by atoms with Crippen molar-refractivity contribution in [3.63, 3.8) is 0 Å². The van der Waals surface area contributed by atoms with Crippen LogP contribution in [0.4, 0.5) is 5.82 Å². The highest BCUT2D eigenvalue weighted by molar-refractivity contribution is 5.86. The van der Waals surface area contributed by atoms with Crippen molar-refractivity contribution in [2.45, 2.75) is 6.54 Å². The lowest BCUT2D eigenvalue weighted by atomic mass is 10.2. The van der Waals surface area contributed by atoms with E-state index in [0.717, 1.165) is 16.9 Å². The second-order valence-electron chi connectivity index (χ2n) is 4.83. The minimum absolute atomic E-state index is 0.0680. The highest BCUT2D eigenvalue weighted by Crippen LogP contribution is 2.23. The minimum atomic E-state index is 0.0680. The SMILES string of the molecule is Cn1ncc2c(N(CCO)Cc3ccccc3)ncnc21. The van der Waals surface area contributed by atoms with Gasteiger partial charge in [-0.15, -0.1) is 0 Å². The average molecular weight is 283 g/mol. The summed E-state index contributed by atoms with van der Waals surface area (Å²) < 4.78 is 1.72. The third kappa shape index (κ3) is 2.71. The topological polar surface area (TPSA) is 67.1 Å². The molecule has 3 rings (SSSR count). The van der Waals surface area contributed by atoms with Gasteiger partial charge in [0.05, 0.1) is 18.2 Å². The Balaban J connectivity index is 1.99. The first-order chi connectivity index (χ1) is 10.3. The van der Waals surface area contributed by atoms with Gasteiger partial charge in [-0.2, -0.15) is 5.10 Å². The van der Waals surface area contributed by atoms with Crippen LogP contribution >= 0.6 is 0 Å². The van der Waals surface area contributed by atoms with Crippen LogP contribution in [0.2, 0.25) is 0 Å². The Kier molecular flexibility index (Phi) is 3.79. The Labute approximate surface area is 122 Å². The molecule has 21 heavy (non-hydrogen) atoms. The minimum Gasteiger partial charge on any atom is -0.395 e. The normalized spacial score (nSPS) is 11.0. The Morgan fingerprint density at radius 3 is 2.76 bits per heavy atom. The van der Waals surface area contributed by atoms with E-state index in [9.17, 15) is 5.11 Å². The van der Waals surface area contributed by atoms with Crippen LogP contribution in [-0.4, -0.2) is 38.0 Å². The molecule has 2 aromatic heterocycles. The second kappa shape index (κ2) is 5.88. The standard InChI is InChI=1S/C15H17N5O/c1-19-14-13(9-18-19)15(17-11-16-14)20(7-8-21)10-12-5-3-2-4-6-12/h2-6,9,11,21H,7-8,10H2,1H3. The fraction of sp³-hybridized carbons (Fsp3) is 0.267. The van der Waals surface area contributed by atoms with Crippen LogP contribution in [0.3, 0.4) is 0 Å². The van der Waals surface area contributed by atoms with Crippen molar-refractivity contribution >= 4 is 16.9 Å². The Morgan fingerprint density at radius 2 is 2.00 bits per heavy atom. The average Bonchev–Trinajstić information content (AvgIpc) is 2.90. The molecule has 3 aromatic rings. The summed E-state index contributed by atoms with van der Waals surface area (Å²) in [5.74, 6) is 0.797. The molecule has 6 nitrogen and oxygen atoms in total.